The molecule has 1 aliphatic carbocycles. The molecule has 2 nitrogen and oxygen atoms in total. The molecule has 0 spiro atoms. The second-order valence-corrected chi connectivity index (χ2v) is 8.86. The van der Waals surface area contributed by atoms with Gasteiger partial charge >= 0.3 is 0 Å². The Morgan fingerprint density at radius 1 is 0.939 bits per heavy atom. The summed E-state index contributed by atoms with van der Waals surface area (Å²) in [5.41, 5.74) is 2.03. The number of rotatable bonds is 12. The van der Waals surface area contributed by atoms with Gasteiger partial charge in [0.2, 0.25) is 0 Å². The maximum atomic E-state index is 14.7. The van der Waals surface area contributed by atoms with Crippen LogP contribution in [0.1, 0.15) is 81.4 Å². The van der Waals surface area contributed by atoms with Crippen LogP contribution in [0.4, 0.5) is 13.2 Å². The van der Waals surface area contributed by atoms with E-state index >= 15 is 0 Å². The average molecular weight is 461 g/mol. The predicted octanol–water partition coefficient (Wildman–Crippen LogP) is 8.30. The molecule has 0 fully saturated rings. The van der Waals surface area contributed by atoms with E-state index in [1.54, 1.807) is 18.2 Å². The van der Waals surface area contributed by atoms with Crippen LogP contribution >= 0.6 is 0 Å². The summed E-state index contributed by atoms with van der Waals surface area (Å²) in [5.74, 6) is -1.38. The summed E-state index contributed by atoms with van der Waals surface area (Å²) >= 11 is 0. The molecule has 2 aromatic rings. The molecule has 0 amide bonds. The van der Waals surface area contributed by atoms with Crippen LogP contribution in [0.3, 0.4) is 0 Å². The zero-order valence-electron chi connectivity index (χ0n) is 19.8. The van der Waals surface area contributed by atoms with E-state index < -0.39 is 11.6 Å². The molecule has 3 rings (SSSR count). The van der Waals surface area contributed by atoms with Crippen LogP contribution < -0.4 is 4.74 Å². The van der Waals surface area contributed by atoms with E-state index in [-0.39, 0.29) is 29.7 Å². The molecule has 180 valence electrons. The molecular weight excluding hydrogens is 425 g/mol. The van der Waals surface area contributed by atoms with Crippen LogP contribution in [0.15, 0.2) is 36.4 Å². The molecule has 0 saturated carbocycles. The molecule has 0 aromatic heterocycles. The van der Waals surface area contributed by atoms with Gasteiger partial charge < -0.3 is 9.47 Å². The number of benzene rings is 2. The van der Waals surface area contributed by atoms with Crippen molar-refractivity contribution in [1.29, 1.82) is 0 Å². The fourth-order valence-electron chi connectivity index (χ4n) is 4.13. The highest BCUT2D eigenvalue weighted by molar-refractivity contribution is 5.67. The van der Waals surface area contributed by atoms with Gasteiger partial charge in [-0.3, -0.25) is 0 Å². The lowest BCUT2D eigenvalue weighted by molar-refractivity contribution is 0.0342. The maximum Gasteiger partial charge on any atom is 0.164 e. The van der Waals surface area contributed by atoms with Gasteiger partial charge in [-0.05, 0) is 55.9 Å². The Morgan fingerprint density at radius 2 is 1.73 bits per heavy atom. The molecule has 1 unspecified atom stereocenters. The first-order chi connectivity index (χ1) is 16.0. The van der Waals surface area contributed by atoms with Crippen molar-refractivity contribution < 1.29 is 22.6 Å². The standard InChI is InChI=1S/C28H35F3O2/c1-3-4-5-6-7-8-17-32-24-15-16-25(26(29)18-24)21-11-13-23(14-12-21)33-19-22-10-9-20(2)27(30)28(22)31/h9-11,15-16,18,23H,3-8,12-14,17,19H2,1-2H3. The van der Waals surface area contributed by atoms with Gasteiger partial charge in [-0.1, -0.05) is 57.2 Å². The maximum absolute atomic E-state index is 14.7. The molecule has 5 heteroatoms. The minimum absolute atomic E-state index is 0.0237. The first-order valence-electron chi connectivity index (χ1n) is 12.2. The van der Waals surface area contributed by atoms with Gasteiger partial charge in [0.1, 0.15) is 11.6 Å². The first kappa shape index (κ1) is 25.4. The Bertz CT molecular complexity index is 939. The van der Waals surface area contributed by atoms with Gasteiger partial charge in [0, 0.05) is 17.2 Å². The van der Waals surface area contributed by atoms with Crippen molar-refractivity contribution in [1.82, 2.24) is 0 Å². The third kappa shape index (κ3) is 7.36. The SMILES string of the molecule is CCCCCCCCOc1ccc(C2=CCC(OCc3ccc(C)c(F)c3F)CC2)c(F)c1. The van der Waals surface area contributed by atoms with Crippen LogP contribution in [0.2, 0.25) is 0 Å². The van der Waals surface area contributed by atoms with Crippen LogP contribution in [0, 0.1) is 24.4 Å². The number of unbranched alkanes of at least 4 members (excludes halogenated alkanes) is 5. The third-order valence-electron chi connectivity index (χ3n) is 6.25. The summed E-state index contributed by atoms with van der Waals surface area (Å²) in [6.07, 6.45) is 11.0. The van der Waals surface area contributed by atoms with Gasteiger partial charge in [0.25, 0.3) is 0 Å². The van der Waals surface area contributed by atoms with Gasteiger partial charge in [-0.25, -0.2) is 13.2 Å². The Morgan fingerprint density at radius 3 is 2.45 bits per heavy atom. The zero-order valence-corrected chi connectivity index (χ0v) is 19.8. The summed E-state index contributed by atoms with van der Waals surface area (Å²) in [6.45, 7) is 4.37. The molecular formula is C28H35F3O2. The van der Waals surface area contributed by atoms with Gasteiger partial charge in [-0.15, -0.1) is 0 Å². The van der Waals surface area contributed by atoms with Crippen LogP contribution in [-0.2, 0) is 11.3 Å². The number of aryl methyl sites for hydroxylation is 1. The van der Waals surface area contributed by atoms with E-state index in [1.807, 2.05) is 12.1 Å². The van der Waals surface area contributed by atoms with Crippen molar-refractivity contribution in [2.24, 2.45) is 0 Å². The van der Waals surface area contributed by atoms with E-state index in [0.29, 0.717) is 37.2 Å². The molecule has 2 aromatic carbocycles. The monoisotopic (exact) mass is 460 g/mol. The van der Waals surface area contributed by atoms with Crippen LogP contribution in [0.25, 0.3) is 5.57 Å². The van der Waals surface area contributed by atoms with E-state index in [9.17, 15) is 13.2 Å². The van der Waals surface area contributed by atoms with Gasteiger partial charge in [-0.2, -0.15) is 0 Å². The van der Waals surface area contributed by atoms with Crippen molar-refractivity contribution in [2.75, 3.05) is 6.61 Å². The van der Waals surface area contributed by atoms with E-state index in [1.165, 1.54) is 38.7 Å². The molecule has 0 N–H and O–H groups in total. The molecule has 0 saturated heterocycles. The fraction of sp³-hybridized carbons (Fsp3) is 0.500. The smallest absolute Gasteiger partial charge is 0.164 e. The average Bonchev–Trinajstić information content (AvgIpc) is 2.82. The molecule has 0 bridgehead atoms. The second-order valence-electron chi connectivity index (χ2n) is 8.86. The molecule has 1 aliphatic rings. The van der Waals surface area contributed by atoms with Crippen molar-refractivity contribution >= 4 is 5.57 Å². The van der Waals surface area contributed by atoms with E-state index in [4.69, 9.17) is 9.47 Å². The quantitative estimate of drug-likeness (QED) is 0.297. The summed E-state index contributed by atoms with van der Waals surface area (Å²) in [5, 5.41) is 0. The second kappa shape index (κ2) is 12.8. The lowest BCUT2D eigenvalue weighted by Crippen LogP contribution is -2.16. The lowest BCUT2D eigenvalue weighted by Gasteiger charge is -2.23. The van der Waals surface area contributed by atoms with E-state index in [0.717, 1.165) is 18.4 Å². The summed E-state index contributed by atoms with van der Waals surface area (Å²) in [7, 11) is 0. The van der Waals surface area contributed by atoms with Crippen molar-refractivity contribution in [3.05, 3.63) is 70.5 Å². The van der Waals surface area contributed by atoms with Gasteiger partial charge in [0.15, 0.2) is 11.6 Å². The molecule has 0 heterocycles. The number of allylic oxidation sites excluding steroid dienone is 1. The number of halogens is 3. The van der Waals surface area contributed by atoms with Crippen molar-refractivity contribution in [3.63, 3.8) is 0 Å². The highest BCUT2D eigenvalue weighted by Gasteiger charge is 2.19. The molecule has 0 radical (unpaired) electrons. The Kier molecular flexibility index (Phi) is 9.86. The topological polar surface area (TPSA) is 18.5 Å². The van der Waals surface area contributed by atoms with Crippen molar-refractivity contribution in [3.8, 4) is 5.75 Å². The fourth-order valence-corrected chi connectivity index (χ4v) is 4.13. The molecule has 0 aliphatic heterocycles. The highest BCUT2D eigenvalue weighted by Crippen LogP contribution is 2.32. The number of hydrogen-bond acceptors (Lipinski definition) is 2. The Hall–Kier alpha value is -2.27. The third-order valence-corrected chi connectivity index (χ3v) is 6.25. The van der Waals surface area contributed by atoms with Crippen LogP contribution in [0.5, 0.6) is 5.75 Å². The lowest BCUT2D eigenvalue weighted by atomic mass is 9.91. The minimum Gasteiger partial charge on any atom is -0.493 e. The predicted molar refractivity (Wildman–Crippen MR) is 127 cm³/mol. The molecule has 33 heavy (non-hydrogen) atoms. The normalized spacial score (nSPS) is 16.0. The first-order valence-corrected chi connectivity index (χ1v) is 12.2. The number of ether oxygens (including phenoxy) is 2. The Labute approximate surface area is 195 Å². The highest BCUT2D eigenvalue weighted by atomic mass is 19.2. The van der Waals surface area contributed by atoms with Gasteiger partial charge in [0.05, 0.1) is 19.3 Å². The largest absolute Gasteiger partial charge is 0.493 e. The van der Waals surface area contributed by atoms with Crippen LogP contribution in [-0.4, -0.2) is 12.7 Å². The van der Waals surface area contributed by atoms with Crippen molar-refractivity contribution in [2.45, 2.75) is 84.3 Å². The number of hydrogen-bond donors (Lipinski definition) is 0. The summed E-state index contributed by atoms with van der Waals surface area (Å²) in [4.78, 5) is 0. The Balaban J connectivity index is 1.46. The zero-order chi connectivity index (χ0) is 23.6. The summed E-state index contributed by atoms with van der Waals surface area (Å²) < 4.78 is 54.0. The minimum atomic E-state index is -0.845. The molecule has 1 atom stereocenters. The van der Waals surface area contributed by atoms with E-state index in [2.05, 4.69) is 6.92 Å². The summed E-state index contributed by atoms with van der Waals surface area (Å²) in [6, 6.07) is 8.19.